The van der Waals surface area contributed by atoms with E-state index in [2.05, 4.69) is 5.32 Å². The summed E-state index contributed by atoms with van der Waals surface area (Å²) in [5.41, 5.74) is 4.52. The fourth-order valence-electron chi connectivity index (χ4n) is 3.88. The lowest BCUT2D eigenvalue weighted by Gasteiger charge is -2.17. The van der Waals surface area contributed by atoms with Crippen LogP contribution in [0.4, 0.5) is 11.4 Å². The van der Waals surface area contributed by atoms with Crippen LogP contribution in [0.2, 0.25) is 0 Å². The first-order chi connectivity index (χ1) is 16.8. The van der Waals surface area contributed by atoms with Crippen LogP contribution in [-0.2, 0) is 19.1 Å². The second-order valence-electron chi connectivity index (χ2n) is 8.72. The molecule has 1 fully saturated rings. The first kappa shape index (κ1) is 24.0. The van der Waals surface area contributed by atoms with E-state index in [0.29, 0.717) is 17.1 Å². The van der Waals surface area contributed by atoms with Crippen molar-refractivity contribution in [2.75, 3.05) is 23.4 Å². The number of amides is 2. The van der Waals surface area contributed by atoms with Crippen molar-refractivity contribution in [3.05, 3.63) is 83.4 Å². The third-order valence-corrected chi connectivity index (χ3v) is 6.09. The maximum absolute atomic E-state index is 12.6. The maximum Gasteiger partial charge on any atom is 0.311 e. The zero-order valence-corrected chi connectivity index (χ0v) is 20.0. The van der Waals surface area contributed by atoms with Crippen LogP contribution in [0.3, 0.4) is 0 Å². The van der Waals surface area contributed by atoms with Gasteiger partial charge in [-0.25, -0.2) is 0 Å². The third-order valence-electron chi connectivity index (χ3n) is 6.09. The molecule has 3 aromatic carbocycles. The molecular weight excluding hydrogens is 444 g/mol. The van der Waals surface area contributed by atoms with Gasteiger partial charge in [0.25, 0.3) is 5.91 Å². The topological polar surface area (TPSA) is 84.9 Å². The number of aryl methyl sites for hydroxylation is 2. The Morgan fingerprint density at radius 2 is 1.60 bits per heavy atom. The lowest BCUT2D eigenvalue weighted by atomic mass is 10.1. The Morgan fingerprint density at radius 3 is 2.29 bits per heavy atom. The number of esters is 1. The van der Waals surface area contributed by atoms with Crippen molar-refractivity contribution in [3.63, 3.8) is 0 Å². The van der Waals surface area contributed by atoms with E-state index in [1.807, 2.05) is 57.2 Å². The highest BCUT2D eigenvalue weighted by Crippen LogP contribution is 2.29. The van der Waals surface area contributed by atoms with Gasteiger partial charge in [-0.15, -0.1) is 0 Å². The number of benzene rings is 3. The van der Waals surface area contributed by atoms with Crippen LogP contribution in [-0.4, -0.2) is 30.9 Å². The monoisotopic (exact) mass is 472 g/mol. The molecule has 0 spiro atoms. The standard InChI is InChI=1S/C28H28N2O5/c1-18-7-11-23(12-8-18)35-24-13-9-22(10-14-24)30-16-21(15-27(30)32)28(33)34-17-26(31)29-25-6-4-5-19(2)20(25)3/h4-14,21H,15-17H2,1-3H3,(H,29,31)/t21-/m1/s1. The van der Waals surface area contributed by atoms with Gasteiger partial charge in [-0.3, -0.25) is 14.4 Å². The zero-order valence-electron chi connectivity index (χ0n) is 20.0. The van der Waals surface area contributed by atoms with Gasteiger partial charge in [0.2, 0.25) is 5.91 Å². The lowest BCUT2D eigenvalue weighted by Crippen LogP contribution is -2.28. The maximum atomic E-state index is 12.6. The Hall–Kier alpha value is -4.13. The van der Waals surface area contributed by atoms with Crippen LogP contribution in [0.15, 0.2) is 66.7 Å². The first-order valence-electron chi connectivity index (χ1n) is 11.5. The van der Waals surface area contributed by atoms with E-state index in [9.17, 15) is 14.4 Å². The Labute approximate surface area is 204 Å². The highest BCUT2D eigenvalue weighted by Gasteiger charge is 2.36. The van der Waals surface area contributed by atoms with E-state index in [0.717, 1.165) is 22.4 Å². The molecule has 7 nitrogen and oxygen atoms in total. The van der Waals surface area contributed by atoms with E-state index in [-0.39, 0.29) is 18.9 Å². The smallest absolute Gasteiger partial charge is 0.311 e. The van der Waals surface area contributed by atoms with Crippen LogP contribution < -0.4 is 15.0 Å². The minimum Gasteiger partial charge on any atom is -0.457 e. The normalized spacial score (nSPS) is 15.1. The summed E-state index contributed by atoms with van der Waals surface area (Å²) in [6.45, 7) is 5.68. The molecule has 0 aliphatic carbocycles. The summed E-state index contributed by atoms with van der Waals surface area (Å²) in [5.74, 6) is -0.396. The molecule has 35 heavy (non-hydrogen) atoms. The second kappa shape index (κ2) is 10.4. The van der Waals surface area contributed by atoms with Crippen molar-refractivity contribution in [1.82, 2.24) is 0 Å². The van der Waals surface area contributed by atoms with Crippen LogP contribution in [0.1, 0.15) is 23.1 Å². The fraction of sp³-hybridized carbons (Fsp3) is 0.250. The van der Waals surface area contributed by atoms with E-state index in [4.69, 9.17) is 9.47 Å². The molecule has 0 saturated carbocycles. The van der Waals surface area contributed by atoms with Gasteiger partial charge in [0.1, 0.15) is 11.5 Å². The Morgan fingerprint density at radius 1 is 0.943 bits per heavy atom. The molecule has 0 bridgehead atoms. The van der Waals surface area contributed by atoms with Gasteiger partial charge in [0.15, 0.2) is 6.61 Å². The second-order valence-corrected chi connectivity index (χ2v) is 8.72. The molecule has 1 aliphatic heterocycles. The molecular formula is C28H28N2O5. The summed E-state index contributed by atoms with van der Waals surface area (Å²) in [6, 6.07) is 20.5. The molecule has 1 heterocycles. The van der Waals surface area contributed by atoms with Gasteiger partial charge < -0.3 is 19.7 Å². The molecule has 0 radical (unpaired) electrons. The zero-order chi connectivity index (χ0) is 24.9. The van der Waals surface area contributed by atoms with Gasteiger partial charge >= 0.3 is 5.97 Å². The van der Waals surface area contributed by atoms with E-state index >= 15 is 0 Å². The molecule has 1 aliphatic rings. The minimum absolute atomic E-state index is 0.0407. The number of nitrogens with one attached hydrogen (secondary N) is 1. The SMILES string of the molecule is Cc1ccc(Oc2ccc(N3C[C@H](C(=O)OCC(=O)Nc4cccc(C)c4C)CC3=O)cc2)cc1. The number of ether oxygens (including phenoxy) is 2. The molecule has 3 aromatic rings. The van der Waals surface area contributed by atoms with E-state index < -0.39 is 24.4 Å². The number of rotatable bonds is 7. The Bertz CT molecular complexity index is 1240. The molecule has 2 amide bonds. The summed E-state index contributed by atoms with van der Waals surface area (Å²) in [4.78, 5) is 38.9. The predicted molar refractivity (Wildman–Crippen MR) is 134 cm³/mol. The average Bonchev–Trinajstić information content (AvgIpc) is 3.24. The molecule has 1 saturated heterocycles. The molecule has 1 atom stereocenters. The summed E-state index contributed by atoms with van der Waals surface area (Å²) < 4.78 is 11.0. The van der Waals surface area contributed by atoms with E-state index in [1.165, 1.54) is 0 Å². The summed E-state index contributed by atoms with van der Waals surface area (Å²) >= 11 is 0. The Balaban J connectivity index is 1.30. The number of carbonyl (C=O) groups excluding carboxylic acids is 3. The van der Waals surface area contributed by atoms with Crippen LogP contribution in [0, 0.1) is 26.7 Å². The fourth-order valence-corrected chi connectivity index (χ4v) is 3.88. The molecule has 4 rings (SSSR count). The molecule has 1 N–H and O–H groups in total. The summed E-state index contributed by atoms with van der Waals surface area (Å²) in [6.07, 6.45) is 0.0407. The number of nitrogens with zero attached hydrogens (tertiary/aromatic N) is 1. The first-order valence-corrected chi connectivity index (χ1v) is 11.5. The van der Waals surface area contributed by atoms with Crippen molar-refractivity contribution in [3.8, 4) is 11.5 Å². The van der Waals surface area contributed by atoms with Crippen molar-refractivity contribution in [1.29, 1.82) is 0 Å². The molecule has 0 unspecified atom stereocenters. The lowest BCUT2D eigenvalue weighted by molar-refractivity contribution is -0.151. The molecule has 180 valence electrons. The van der Waals surface area contributed by atoms with Gasteiger partial charge in [0.05, 0.1) is 5.92 Å². The summed E-state index contributed by atoms with van der Waals surface area (Å²) in [7, 11) is 0. The summed E-state index contributed by atoms with van der Waals surface area (Å²) in [5, 5.41) is 2.76. The Kier molecular flexibility index (Phi) is 7.15. The number of carbonyl (C=O) groups is 3. The van der Waals surface area contributed by atoms with Gasteiger partial charge in [-0.05, 0) is 74.4 Å². The van der Waals surface area contributed by atoms with Crippen LogP contribution in [0.5, 0.6) is 11.5 Å². The number of anilines is 2. The number of hydrogen-bond donors (Lipinski definition) is 1. The van der Waals surface area contributed by atoms with Crippen molar-refractivity contribution in [2.24, 2.45) is 5.92 Å². The predicted octanol–water partition coefficient (Wildman–Crippen LogP) is 4.94. The highest BCUT2D eigenvalue weighted by atomic mass is 16.5. The van der Waals surface area contributed by atoms with Crippen molar-refractivity contribution in [2.45, 2.75) is 27.2 Å². The van der Waals surface area contributed by atoms with Crippen LogP contribution in [0.25, 0.3) is 0 Å². The molecule has 0 aromatic heterocycles. The van der Waals surface area contributed by atoms with Gasteiger partial charge in [-0.1, -0.05) is 29.8 Å². The molecule has 7 heteroatoms. The number of hydrogen-bond acceptors (Lipinski definition) is 5. The average molecular weight is 473 g/mol. The third kappa shape index (κ3) is 5.87. The quantitative estimate of drug-likeness (QED) is 0.493. The van der Waals surface area contributed by atoms with E-state index in [1.54, 1.807) is 35.2 Å². The van der Waals surface area contributed by atoms with Crippen molar-refractivity contribution >= 4 is 29.2 Å². The van der Waals surface area contributed by atoms with Crippen LogP contribution >= 0.6 is 0 Å². The highest BCUT2D eigenvalue weighted by molar-refractivity contribution is 6.00. The minimum atomic E-state index is -0.625. The van der Waals surface area contributed by atoms with Crippen molar-refractivity contribution < 1.29 is 23.9 Å². The largest absolute Gasteiger partial charge is 0.457 e. The van der Waals surface area contributed by atoms with Gasteiger partial charge in [-0.2, -0.15) is 0 Å². The van der Waals surface area contributed by atoms with Gasteiger partial charge in [0, 0.05) is 24.3 Å².